The molecule has 10 heteroatoms. The molecule has 9 nitrogen and oxygen atoms in total. The number of carboxylic acids is 1. The normalized spacial score (nSPS) is 11.6. The fourth-order valence-corrected chi connectivity index (χ4v) is 1.40. The zero-order chi connectivity index (χ0) is 15.7. The highest BCUT2D eigenvalue weighted by molar-refractivity contribution is 6.18. The first kappa shape index (κ1) is 18.1. The van der Waals surface area contributed by atoms with E-state index in [0.717, 1.165) is 0 Å². The minimum atomic E-state index is -1.17. The van der Waals surface area contributed by atoms with Gasteiger partial charge < -0.3 is 15.7 Å². The van der Waals surface area contributed by atoms with E-state index >= 15 is 0 Å². The Bertz CT molecular complexity index is 377. The lowest BCUT2D eigenvalue weighted by Crippen LogP contribution is -2.49. The molecule has 0 aliphatic rings. The van der Waals surface area contributed by atoms with Crippen LogP contribution in [-0.2, 0) is 9.59 Å². The second-order valence-corrected chi connectivity index (χ2v) is 4.56. The Kier molecular flexibility index (Phi) is 8.21. The molecule has 0 unspecified atom stereocenters. The predicted octanol–water partition coefficient (Wildman–Crippen LogP) is 0.144. The van der Waals surface area contributed by atoms with E-state index in [4.69, 9.17) is 16.7 Å². The third-order valence-corrected chi connectivity index (χ3v) is 2.45. The molecular formula is C10H17ClN4O5. The standard InChI is InChI=1S/C10H17ClN4O5/c1-6(2)8(9(17)18)13-7(16)5-12-10(19)15(14-20)4-3-11/h6,8H,3-5H2,1-2H3,(H,12,19)(H,13,16)(H,17,18)/t8-/m0/s1. The molecular weight excluding hydrogens is 292 g/mol. The Morgan fingerprint density at radius 2 is 1.95 bits per heavy atom. The van der Waals surface area contributed by atoms with Crippen LogP contribution in [-0.4, -0.2) is 53.0 Å². The molecule has 0 spiro atoms. The Morgan fingerprint density at radius 3 is 2.35 bits per heavy atom. The first-order valence-corrected chi connectivity index (χ1v) is 6.33. The van der Waals surface area contributed by atoms with Gasteiger partial charge in [0.1, 0.15) is 6.04 Å². The first-order chi connectivity index (χ1) is 9.33. The summed E-state index contributed by atoms with van der Waals surface area (Å²) >= 11 is 5.36. The summed E-state index contributed by atoms with van der Waals surface area (Å²) < 4.78 is 0. The lowest BCUT2D eigenvalue weighted by atomic mass is 10.1. The van der Waals surface area contributed by atoms with Gasteiger partial charge in [0.25, 0.3) is 0 Å². The molecule has 0 heterocycles. The summed E-state index contributed by atoms with van der Waals surface area (Å²) in [5.74, 6) is -2.15. The van der Waals surface area contributed by atoms with Crippen LogP contribution in [0.2, 0.25) is 0 Å². The van der Waals surface area contributed by atoms with Gasteiger partial charge in [0, 0.05) is 5.88 Å². The number of carbonyl (C=O) groups excluding carboxylic acids is 2. The van der Waals surface area contributed by atoms with Crippen molar-refractivity contribution >= 4 is 29.5 Å². The van der Waals surface area contributed by atoms with Crippen LogP contribution in [0.3, 0.4) is 0 Å². The van der Waals surface area contributed by atoms with Gasteiger partial charge in [0.05, 0.1) is 18.4 Å². The Balaban J connectivity index is 4.31. The lowest BCUT2D eigenvalue weighted by Gasteiger charge is -2.18. The van der Waals surface area contributed by atoms with Crippen molar-refractivity contribution in [1.82, 2.24) is 15.6 Å². The minimum absolute atomic E-state index is 0.0137. The second-order valence-electron chi connectivity index (χ2n) is 4.18. The van der Waals surface area contributed by atoms with Crippen molar-refractivity contribution in [2.45, 2.75) is 19.9 Å². The number of nitroso groups, excluding NO2 is 1. The zero-order valence-electron chi connectivity index (χ0n) is 11.1. The molecule has 0 fully saturated rings. The number of hydrogen-bond donors (Lipinski definition) is 3. The number of nitrogens with one attached hydrogen (secondary N) is 2. The van der Waals surface area contributed by atoms with Gasteiger partial charge in [-0.25, -0.2) is 9.59 Å². The number of carbonyl (C=O) groups is 3. The summed E-state index contributed by atoms with van der Waals surface area (Å²) in [4.78, 5) is 44.1. The Hall–Kier alpha value is -1.90. The fourth-order valence-electron chi connectivity index (χ4n) is 1.24. The van der Waals surface area contributed by atoms with Crippen LogP contribution in [0.15, 0.2) is 5.29 Å². The van der Waals surface area contributed by atoms with Crippen molar-refractivity contribution < 1.29 is 19.5 Å². The molecule has 0 aromatic rings. The molecule has 0 aliphatic carbocycles. The summed E-state index contributed by atoms with van der Waals surface area (Å²) in [5.41, 5.74) is 0. The van der Waals surface area contributed by atoms with Crippen LogP contribution >= 0.6 is 11.6 Å². The number of rotatable bonds is 8. The SMILES string of the molecule is CC(C)[C@H](NC(=O)CNC(=O)N(CCCl)N=O)C(=O)O. The maximum absolute atomic E-state index is 11.5. The minimum Gasteiger partial charge on any atom is -0.480 e. The molecule has 0 bridgehead atoms. The van der Waals surface area contributed by atoms with E-state index in [2.05, 4.69) is 15.9 Å². The number of urea groups is 1. The Labute approximate surface area is 120 Å². The highest BCUT2D eigenvalue weighted by Crippen LogP contribution is 2.01. The molecule has 1 atom stereocenters. The molecule has 0 aromatic carbocycles. The number of halogens is 1. The Morgan fingerprint density at radius 1 is 1.35 bits per heavy atom. The van der Waals surface area contributed by atoms with Crippen molar-refractivity contribution in [3.05, 3.63) is 4.91 Å². The van der Waals surface area contributed by atoms with E-state index in [9.17, 15) is 19.3 Å². The molecule has 0 saturated heterocycles. The van der Waals surface area contributed by atoms with E-state index in [1.165, 1.54) is 0 Å². The summed E-state index contributed by atoms with van der Waals surface area (Å²) in [7, 11) is 0. The van der Waals surface area contributed by atoms with Crippen molar-refractivity contribution in [3.63, 3.8) is 0 Å². The molecule has 0 radical (unpaired) electrons. The second kappa shape index (κ2) is 9.08. The lowest BCUT2D eigenvalue weighted by molar-refractivity contribution is -0.142. The van der Waals surface area contributed by atoms with Gasteiger partial charge in [0.2, 0.25) is 5.91 Å². The van der Waals surface area contributed by atoms with Gasteiger partial charge in [0.15, 0.2) is 0 Å². The van der Waals surface area contributed by atoms with Crippen molar-refractivity contribution in [2.75, 3.05) is 19.0 Å². The monoisotopic (exact) mass is 308 g/mol. The van der Waals surface area contributed by atoms with E-state index in [1.54, 1.807) is 13.8 Å². The number of hydrogen-bond acceptors (Lipinski definition) is 5. The maximum atomic E-state index is 11.5. The number of nitrogens with zero attached hydrogens (tertiary/aromatic N) is 2. The van der Waals surface area contributed by atoms with Crippen LogP contribution in [0.5, 0.6) is 0 Å². The number of carboxylic acid groups (broad SMARTS) is 1. The summed E-state index contributed by atoms with van der Waals surface area (Å²) in [5, 5.41) is 16.2. The van der Waals surface area contributed by atoms with Gasteiger partial charge in [-0.05, 0) is 5.92 Å². The van der Waals surface area contributed by atoms with Crippen molar-refractivity contribution in [3.8, 4) is 0 Å². The quantitative estimate of drug-likeness (QED) is 0.334. The van der Waals surface area contributed by atoms with Crippen LogP contribution in [0.4, 0.5) is 4.79 Å². The third-order valence-electron chi connectivity index (χ3n) is 2.28. The molecule has 20 heavy (non-hydrogen) atoms. The van der Waals surface area contributed by atoms with Gasteiger partial charge in [-0.1, -0.05) is 13.8 Å². The van der Waals surface area contributed by atoms with Crippen molar-refractivity contribution in [1.29, 1.82) is 0 Å². The van der Waals surface area contributed by atoms with Gasteiger partial charge >= 0.3 is 12.0 Å². The average Bonchev–Trinajstić information content (AvgIpc) is 2.38. The van der Waals surface area contributed by atoms with E-state index in [1.807, 2.05) is 0 Å². The maximum Gasteiger partial charge on any atom is 0.340 e. The van der Waals surface area contributed by atoms with E-state index in [0.29, 0.717) is 5.01 Å². The predicted molar refractivity (Wildman–Crippen MR) is 71.0 cm³/mol. The highest BCUT2D eigenvalue weighted by Gasteiger charge is 2.23. The number of alkyl halides is 1. The number of aliphatic carboxylic acids is 1. The summed E-state index contributed by atoms with van der Waals surface area (Å²) in [6.45, 7) is 2.71. The molecule has 3 amide bonds. The third kappa shape index (κ3) is 6.32. The number of amides is 3. The smallest absolute Gasteiger partial charge is 0.340 e. The molecule has 114 valence electrons. The van der Waals surface area contributed by atoms with Crippen molar-refractivity contribution in [2.24, 2.45) is 11.2 Å². The molecule has 0 rings (SSSR count). The molecule has 3 N–H and O–H groups in total. The first-order valence-electron chi connectivity index (χ1n) is 5.80. The molecule has 0 aliphatic heterocycles. The highest BCUT2D eigenvalue weighted by atomic mass is 35.5. The van der Waals surface area contributed by atoms with Crippen LogP contribution in [0.25, 0.3) is 0 Å². The zero-order valence-corrected chi connectivity index (χ0v) is 11.9. The van der Waals surface area contributed by atoms with Crippen LogP contribution in [0.1, 0.15) is 13.8 Å². The van der Waals surface area contributed by atoms with Gasteiger partial charge in [-0.2, -0.15) is 5.01 Å². The summed E-state index contributed by atoms with van der Waals surface area (Å²) in [6.07, 6.45) is 0. The van der Waals surface area contributed by atoms with Crippen LogP contribution < -0.4 is 10.6 Å². The topological polar surface area (TPSA) is 128 Å². The van der Waals surface area contributed by atoms with Crippen LogP contribution in [0, 0.1) is 10.8 Å². The van der Waals surface area contributed by atoms with Gasteiger partial charge in [-0.3, -0.25) is 4.79 Å². The fraction of sp³-hybridized carbons (Fsp3) is 0.700. The molecule has 0 saturated carbocycles. The van der Waals surface area contributed by atoms with Gasteiger partial charge in [-0.15, -0.1) is 16.5 Å². The average molecular weight is 309 g/mol. The van der Waals surface area contributed by atoms with E-state index < -0.39 is 30.5 Å². The molecule has 0 aromatic heterocycles. The van der Waals surface area contributed by atoms with E-state index in [-0.39, 0.29) is 18.3 Å². The largest absolute Gasteiger partial charge is 0.480 e. The summed E-state index contributed by atoms with van der Waals surface area (Å²) in [6, 6.07) is -1.94.